The second-order valence-corrected chi connectivity index (χ2v) is 6.92. The van der Waals surface area contributed by atoms with Crippen molar-refractivity contribution in [2.24, 2.45) is 5.10 Å². The molecule has 1 atom stereocenters. The second kappa shape index (κ2) is 7.26. The van der Waals surface area contributed by atoms with Crippen molar-refractivity contribution in [1.82, 2.24) is 15.2 Å². The SMILES string of the molecule is CC(=O)N1N=C(c2cc(-c3ccc(F)cc3)n[nH]2)OC1c1ccc(Cl)cc1Cl. The van der Waals surface area contributed by atoms with E-state index in [1.807, 2.05) is 0 Å². The predicted octanol–water partition coefficient (Wildman–Crippen LogP) is 4.76. The number of aromatic amines is 1. The Morgan fingerprint density at radius 2 is 1.93 bits per heavy atom. The summed E-state index contributed by atoms with van der Waals surface area (Å²) in [7, 11) is 0. The van der Waals surface area contributed by atoms with E-state index in [1.54, 1.807) is 36.4 Å². The van der Waals surface area contributed by atoms with Gasteiger partial charge in [-0.3, -0.25) is 9.89 Å². The van der Waals surface area contributed by atoms with Crippen LogP contribution >= 0.6 is 23.2 Å². The molecule has 9 heteroatoms. The summed E-state index contributed by atoms with van der Waals surface area (Å²) >= 11 is 12.2. The van der Waals surface area contributed by atoms with Gasteiger partial charge < -0.3 is 4.74 Å². The van der Waals surface area contributed by atoms with E-state index in [0.717, 1.165) is 5.56 Å². The van der Waals surface area contributed by atoms with Crippen molar-refractivity contribution in [3.63, 3.8) is 0 Å². The number of nitrogens with zero attached hydrogens (tertiary/aromatic N) is 3. The van der Waals surface area contributed by atoms with Crippen LogP contribution < -0.4 is 0 Å². The highest BCUT2D eigenvalue weighted by Gasteiger charge is 2.35. The van der Waals surface area contributed by atoms with Crippen molar-refractivity contribution in [2.75, 3.05) is 0 Å². The smallest absolute Gasteiger partial charge is 0.259 e. The number of aromatic nitrogens is 2. The maximum Gasteiger partial charge on any atom is 0.259 e. The van der Waals surface area contributed by atoms with Crippen molar-refractivity contribution < 1.29 is 13.9 Å². The van der Waals surface area contributed by atoms with Gasteiger partial charge in [0.2, 0.25) is 12.1 Å². The van der Waals surface area contributed by atoms with Gasteiger partial charge in [0, 0.05) is 23.1 Å². The second-order valence-electron chi connectivity index (χ2n) is 6.08. The summed E-state index contributed by atoms with van der Waals surface area (Å²) in [6.45, 7) is 1.38. The molecule has 0 radical (unpaired) electrons. The minimum atomic E-state index is -0.824. The molecule has 1 aromatic heterocycles. The van der Waals surface area contributed by atoms with Crippen molar-refractivity contribution >= 4 is 35.0 Å². The number of nitrogens with one attached hydrogen (secondary N) is 1. The number of hydrogen-bond donors (Lipinski definition) is 1. The van der Waals surface area contributed by atoms with Crippen molar-refractivity contribution in [3.8, 4) is 11.3 Å². The Hall–Kier alpha value is -2.90. The summed E-state index contributed by atoms with van der Waals surface area (Å²) in [6.07, 6.45) is -0.824. The molecule has 2 aromatic carbocycles. The molecule has 6 nitrogen and oxygen atoms in total. The Kier molecular flexibility index (Phi) is 4.78. The number of hydrazone groups is 1. The van der Waals surface area contributed by atoms with Gasteiger partial charge >= 0.3 is 0 Å². The predicted molar refractivity (Wildman–Crippen MR) is 103 cm³/mol. The molecule has 1 unspecified atom stereocenters. The standard InChI is InChI=1S/C19H13Cl2FN4O2/c1-10(27)26-19(14-7-4-12(20)8-15(14)21)28-18(25-26)17-9-16(23-24-17)11-2-5-13(22)6-3-11/h2-9,19H,1H3,(H,23,24). The topological polar surface area (TPSA) is 70.6 Å². The van der Waals surface area contributed by atoms with Crippen LogP contribution in [0.25, 0.3) is 11.3 Å². The molecule has 0 fully saturated rings. The minimum absolute atomic E-state index is 0.187. The first kappa shape index (κ1) is 18.5. The number of rotatable bonds is 3. The van der Waals surface area contributed by atoms with Crippen LogP contribution in [0.5, 0.6) is 0 Å². The molecule has 3 aromatic rings. The van der Waals surface area contributed by atoms with Crippen LogP contribution in [-0.2, 0) is 9.53 Å². The average molecular weight is 419 g/mol. The lowest BCUT2D eigenvalue weighted by molar-refractivity contribution is -0.135. The number of H-pyrrole nitrogens is 1. The van der Waals surface area contributed by atoms with Crippen LogP contribution in [0.2, 0.25) is 10.0 Å². The summed E-state index contributed by atoms with van der Waals surface area (Å²) in [5.74, 6) is -0.459. The van der Waals surface area contributed by atoms with Gasteiger partial charge in [0.1, 0.15) is 11.5 Å². The van der Waals surface area contributed by atoms with E-state index >= 15 is 0 Å². The largest absolute Gasteiger partial charge is 0.445 e. The Labute approximate surface area is 169 Å². The maximum absolute atomic E-state index is 13.1. The zero-order chi connectivity index (χ0) is 19.8. The molecule has 1 amide bonds. The summed E-state index contributed by atoms with van der Waals surface area (Å²) in [4.78, 5) is 12.1. The van der Waals surface area contributed by atoms with Crippen molar-refractivity contribution in [2.45, 2.75) is 13.2 Å². The highest BCUT2D eigenvalue weighted by Crippen LogP contribution is 2.35. The Morgan fingerprint density at radius 1 is 1.18 bits per heavy atom. The number of halogens is 3. The fourth-order valence-electron chi connectivity index (χ4n) is 2.78. The quantitative estimate of drug-likeness (QED) is 0.666. The summed E-state index contributed by atoms with van der Waals surface area (Å²) in [5.41, 5.74) is 2.34. The van der Waals surface area contributed by atoms with Crippen molar-refractivity contribution in [3.05, 3.63) is 75.7 Å². The molecule has 4 rings (SSSR count). The number of benzene rings is 2. The van der Waals surface area contributed by atoms with Gasteiger partial charge in [0.25, 0.3) is 5.90 Å². The van der Waals surface area contributed by atoms with Gasteiger partial charge in [0.05, 0.1) is 10.7 Å². The van der Waals surface area contributed by atoms with E-state index in [-0.39, 0.29) is 17.6 Å². The molecule has 28 heavy (non-hydrogen) atoms. The lowest BCUT2D eigenvalue weighted by Crippen LogP contribution is -2.25. The lowest BCUT2D eigenvalue weighted by Gasteiger charge is -2.20. The van der Waals surface area contributed by atoms with E-state index in [2.05, 4.69) is 15.3 Å². The number of carbonyl (C=O) groups is 1. The molecule has 0 bridgehead atoms. The van der Waals surface area contributed by atoms with E-state index in [9.17, 15) is 9.18 Å². The number of amides is 1. The lowest BCUT2D eigenvalue weighted by atomic mass is 10.1. The van der Waals surface area contributed by atoms with Crippen LogP contribution in [0.3, 0.4) is 0 Å². The molecule has 1 aliphatic rings. The Bertz CT molecular complexity index is 1080. The van der Waals surface area contributed by atoms with E-state index in [4.69, 9.17) is 27.9 Å². The van der Waals surface area contributed by atoms with Crippen LogP contribution in [0.4, 0.5) is 4.39 Å². The molecule has 2 heterocycles. The monoisotopic (exact) mass is 418 g/mol. The molecule has 0 saturated carbocycles. The molecule has 1 aliphatic heterocycles. The van der Waals surface area contributed by atoms with Gasteiger partial charge in [0.15, 0.2) is 0 Å². The van der Waals surface area contributed by atoms with Crippen LogP contribution in [-0.4, -0.2) is 27.0 Å². The summed E-state index contributed by atoms with van der Waals surface area (Å²) in [5, 5.41) is 13.3. The van der Waals surface area contributed by atoms with Gasteiger partial charge in [-0.25, -0.2) is 4.39 Å². The fraction of sp³-hybridized carbons (Fsp3) is 0.105. The molecule has 0 aliphatic carbocycles. The van der Waals surface area contributed by atoms with E-state index in [0.29, 0.717) is 27.0 Å². The molecular formula is C19H13Cl2FN4O2. The zero-order valence-corrected chi connectivity index (χ0v) is 16.0. The van der Waals surface area contributed by atoms with Crippen LogP contribution in [0.15, 0.2) is 53.6 Å². The molecule has 142 valence electrons. The Morgan fingerprint density at radius 3 is 2.61 bits per heavy atom. The first-order chi connectivity index (χ1) is 13.4. The van der Waals surface area contributed by atoms with Crippen LogP contribution in [0, 0.1) is 5.82 Å². The maximum atomic E-state index is 13.1. The number of hydrogen-bond acceptors (Lipinski definition) is 4. The molecule has 1 N–H and O–H groups in total. The highest BCUT2D eigenvalue weighted by molar-refractivity contribution is 6.35. The van der Waals surface area contributed by atoms with E-state index < -0.39 is 6.23 Å². The summed E-state index contributed by atoms with van der Waals surface area (Å²) in [6, 6.07) is 12.5. The number of carbonyl (C=O) groups excluding carboxylic acids is 1. The fourth-order valence-corrected chi connectivity index (χ4v) is 3.28. The van der Waals surface area contributed by atoms with Gasteiger partial charge in [-0.1, -0.05) is 29.3 Å². The van der Waals surface area contributed by atoms with E-state index in [1.165, 1.54) is 24.1 Å². The first-order valence-corrected chi connectivity index (χ1v) is 8.99. The average Bonchev–Trinajstić information content (AvgIpc) is 3.29. The van der Waals surface area contributed by atoms with Gasteiger partial charge in [-0.15, -0.1) is 5.10 Å². The van der Waals surface area contributed by atoms with Crippen molar-refractivity contribution in [1.29, 1.82) is 0 Å². The molecule has 0 spiro atoms. The third-order valence-corrected chi connectivity index (χ3v) is 4.71. The Balaban J connectivity index is 1.65. The van der Waals surface area contributed by atoms with Gasteiger partial charge in [-0.05, 0) is 42.5 Å². The minimum Gasteiger partial charge on any atom is -0.445 e. The van der Waals surface area contributed by atoms with Crippen LogP contribution in [0.1, 0.15) is 24.4 Å². The third kappa shape index (κ3) is 3.46. The zero-order valence-electron chi connectivity index (χ0n) is 14.5. The van der Waals surface area contributed by atoms with Gasteiger partial charge in [-0.2, -0.15) is 10.1 Å². The first-order valence-electron chi connectivity index (χ1n) is 8.24. The third-order valence-electron chi connectivity index (χ3n) is 4.14. The number of ether oxygens (including phenoxy) is 1. The highest BCUT2D eigenvalue weighted by atomic mass is 35.5. The normalized spacial score (nSPS) is 16.1. The summed E-state index contributed by atoms with van der Waals surface area (Å²) < 4.78 is 19.0. The molecule has 0 saturated heterocycles. The molecular weight excluding hydrogens is 406 g/mol.